The Morgan fingerprint density at radius 2 is 1.96 bits per heavy atom. The minimum absolute atomic E-state index is 0.0648. The van der Waals surface area contributed by atoms with Crippen LogP contribution in [0.5, 0.6) is 6.01 Å². The van der Waals surface area contributed by atoms with Gasteiger partial charge in [0.25, 0.3) is 0 Å². The number of likely N-dealkylation sites (tertiary alicyclic amines) is 1. The van der Waals surface area contributed by atoms with Crippen LogP contribution in [0.3, 0.4) is 0 Å². The van der Waals surface area contributed by atoms with E-state index in [1.54, 1.807) is 18.5 Å². The quantitative estimate of drug-likeness (QED) is 0.856. The summed E-state index contributed by atoms with van der Waals surface area (Å²) in [5.74, 6) is 0. The lowest BCUT2D eigenvalue weighted by atomic mass is 9.84. The second kappa shape index (κ2) is 6.22. The summed E-state index contributed by atoms with van der Waals surface area (Å²) in [5, 5.41) is 0. The largest absolute Gasteiger partial charge is 0.460 e. The van der Waals surface area contributed by atoms with Gasteiger partial charge in [0, 0.05) is 57.3 Å². The van der Waals surface area contributed by atoms with Crippen LogP contribution in [-0.2, 0) is 11.3 Å². The highest BCUT2D eigenvalue weighted by molar-refractivity contribution is 5.12. The molecule has 23 heavy (non-hydrogen) atoms. The Balaban J connectivity index is 1.32. The van der Waals surface area contributed by atoms with E-state index < -0.39 is 0 Å². The molecule has 0 aliphatic carbocycles. The van der Waals surface area contributed by atoms with Gasteiger partial charge >= 0.3 is 6.01 Å². The van der Waals surface area contributed by atoms with Crippen molar-refractivity contribution < 1.29 is 9.47 Å². The number of hydrogen-bond donors (Lipinski definition) is 0. The number of aromatic nitrogens is 3. The third-order valence-corrected chi connectivity index (χ3v) is 4.44. The van der Waals surface area contributed by atoms with Crippen LogP contribution in [0.4, 0.5) is 0 Å². The molecule has 0 bridgehead atoms. The maximum absolute atomic E-state index is 6.06. The van der Waals surface area contributed by atoms with Gasteiger partial charge < -0.3 is 9.47 Å². The Morgan fingerprint density at radius 1 is 1.17 bits per heavy atom. The van der Waals surface area contributed by atoms with E-state index in [1.165, 1.54) is 5.56 Å². The minimum atomic E-state index is -0.0648. The highest BCUT2D eigenvalue weighted by Crippen LogP contribution is 2.36. The molecule has 0 N–H and O–H groups in total. The zero-order valence-corrected chi connectivity index (χ0v) is 13.0. The molecular weight excluding hydrogens is 292 g/mol. The van der Waals surface area contributed by atoms with Crippen molar-refractivity contribution >= 4 is 0 Å². The lowest BCUT2D eigenvalue weighted by Crippen LogP contribution is -2.65. The summed E-state index contributed by atoms with van der Waals surface area (Å²) in [6.07, 6.45) is 9.02. The van der Waals surface area contributed by atoms with E-state index in [9.17, 15) is 0 Å². The lowest BCUT2D eigenvalue weighted by Gasteiger charge is -2.53. The average molecular weight is 312 g/mol. The maximum atomic E-state index is 6.06. The van der Waals surface area contributed by atoms with Crippen molar-refractivity contribution in [2.45, 2.75) is 31.1 Å². The zero-order valence-electron chi connectivity index (χ0n) is 13.0. The van der Waals surface area contributed by atoms with Crippen molar-refractivity contribution in [3.05, 3.63) is 48.5 Å². The third-order valence-electron chi connectivity index (χ3n) is 4.44. The predicted octanol–water partition coefficient (Wildman–Crippen LogP) is 1.68. The molecule has 0 unspecified atom stereocenters. The van der Waals surface area contributed by atoms with Gasteiger partial charge in [0.2, 0.25) is 0 Å². The van der Waals surface area contributed by atoms with Crippen LogP contribution < -0.4 is 4.74 Å². The smallest absolute Gasteiger partial charge is 0.316 e. The molecule has 120 valence electrons. The van der Waals surface area contributed by atoms with Gasteiger partial charge in [-0.3, -0.25) is 9.88 Å². The Hall–Kier alpha value is -2.05. The van der Waals surface area contributed by atoms with Crippen LogP contribution in [0.15, 0.2) is 43.0 Å². The molecule has 0 saturated carbocycles. The van der Waals surface area contributed by atoms with E-state index >= 15 is 0 Å². The minimum Gasteiger partial charge on any atom is -0.460 e. The Morgan fingerprint density at radius 3 is 2.74 bits per heavy atom. The third kappa shape index (κ3) is 3.33. The summed E-state index contributed by atoms with van der Waals surface area (Å²) in [5.41, 5.74) is 1.22. The number of ether oxygens (including phenoxy) is 2. The fraction of sp³-hybridized carbons (Fsp3) is 0.471. The number of pyridine rings is 1. The molecule has 2 saturated heterocycles. The molecule has 6 heteroatoms. The van der Waals surface area contributed by atoms with Crippen molar-refractivity contribution in [1.82, 2.24) is 19.9 Å². The summed E-state index contributed by atoms with van der Waals surface area (Å²) in [7, 11) is 0. The van der Waals surface area contributed by atoms with Gasteiger partial charge in [-0.15, -0.1) is 0 Å². The molecule has 2 aromatic rings. The van der Waals surface area contributed by atoms with Crippen LogP contribution in [0.25, 0.3) is 0 Å². The van der Waals surface area contributed by atoms with E-state index in [-0.39, 0.29) is 11.7 Å². The SMILES string of the molecule is c1cnc(O[C@H]2CCOC3(C2)CN(Cc2ccncc2)C3)nc1. The van der Waals surface area contributed by atoms with Gasteiger partial charge in [-0.2, -0.15) is 0 Å². The van der Waals surface area contributed by atoms with E-state index in [4.69, 9.17) is 9.47 Å². The molecule has 0 radical (unpaired) electrons. The topological polar surface area (TPSA) is 60.4 Å². The molecule has 2 aromatic heterocycles. The summed E-state index contributed by atoms with van der Waals surface area (Å²) < 4.78 is 12.0. The molecule has 4 rings (SSSR count). The number of nitrogens with zero attached hydrogens (tertiary/aromatic N) is 4. The van der Waals surface area contributed by atoms with Crippen LogP contribution in [0, 0.1) is 0 Å². The first-order chi connectivity index (χ1) is 11.3. The molecule has 0 amide bonds. The molecule has 0 aromatic carbocycles. The van der Waals surface area contributed by atoms with Crippen LogP contribution >= 0.6 is 0 Å². The maximum Gasteiger partial charge on any atom is 0.316 e. The standard InChI is InChI=1S/C17H20N4O2/c1-5-19-16(20-6-1)23-15-4-9-22-17(10-15)12-21(13-17)11-14-2-7-18-8-3-14/h1-3,5-8,15H,4,9-13H2/t15-/m0/s1. The van der Waals surface area contributed by atoms with Gasteiger partial charge in [-0.25, -0.2) is 9.97 Å². The first-order valence-corrected chi connectivity index (χ1v) is 8.00. The molecule has 2 aliphatic rings. The Labute approximate surface area is 135 Å². The predicted molar refractivity (Wildman–Crippen MR) is 83.9 cm³/mol. The fourth-order valence-corrected chi connectivity index (χ4v) is 3.43. The van der Waals surface area contributed by atoms with Crippen molar-refractivity contribution in [2.24, 2.45) is 0 Å². The summed E-state index contributed by atoms with van der Waals surface area (Å²) in [6, 6.07) is 6.38. The fourth-order valence-electron chi connectivity index (χ4n) is 3.43. The van der Waals surface area contributed by atoms with Gasteiger partial charge in [-0.1, -0.05) is 0 Å². The van der Waals surface area contributed by atoms with Crippen LogP contribution in [0.2, 0.25) is 0 Å². The molecule has 1 atom stereocenters. The summed E-state index contributed by atoms with van der Waals surface area (Å²) in [6.45, 7) is 3.58. The van der Waals surface area contributed by atoms with E-state index in [0.717, 1.165) is 39.1 Å². The Bertz CT molecular complexity index is 632. The summed E-state index contributed by atoms with van der Waals surface area (Å²) in [4.78, 5) is 14.7. The molecule has 2 fully saturated rings. The first-order valence-electron chi connectivity index (χ1n) is 8.00. The lowest BCUT2D eigenvalue weighted by molar-refractivity contribution is -0.188. The average Bonchev–Trinajstić information content (AvgIpc) is 2.56. The second-order valence-corrected chi connectivity index (χ2v) is 6.30. The number of hydrogen-bond acceptors (Lipinski definition) is 6. The monoisotopic (exact) mass is 312 g/mol. The van der Waals surface area contributed by atoms with Gasteiger partial charge in [0.1, 0.15) is 6.10 Å². The summed E-state index contributed by atoms with van der Waals surface area (Å²) >= 11 is 0. The highest BCUT2D eigenvalue weighted by atomic mass is 16.5. The van der Waals surface area contributed by atoms with Crippen LogP contribution in [0.1, 0.15) is 18.4 Å². The van der Waals surface area contributed by atoms with Crippen molar-refractivity contribution in [2.75, 3.05) is 19.7 Å². The second-order valence-electron chi connectivity index (χ2n) is 6.30. The zero-order chi connectivity index (χ0) is 15.5. The molecule has 4 heterocycles. The van der Waals surface area contributed by atoms with Gasteiger partial charge in [-0.05, 0) is 23.8 Å². The van der Waals surface area contributed by atoms with Gasteiger partial charge in [0.15, 0.2) is 0 Å². The molecule has 2 aliphatic heterocycles. The van der Waals surface area contributed by atoms with Crippen molar-refractivity contribution in [3.8, 4) is 6.01 Å². The van der Waals surface area contributed by atoms with E-state index in [1.807, 2.05) is 12.4 Å². The van der Waals surface area contributed by atoms with E-state index in [0.29, 0.717) is 6.01 Å². The molecule has 6 nitrogen and oxygen atoms in total. The number of rotatable bonds is 4. The van der Waals surface area contributed by atoms with Crippen molar-refractivity contribution in [3.63, 3.8) is 0 Å². The first kappa shape index (κ1) is 14.5. The molecule has 1 spiro atoms. The molecular formula is C17H20N4O2. The van der Waals surface area contributed by atoms with E-state index in [2.05, 4.69) is 32.0 Å². The Kier molecular flexibility index (Phi) is 3.93. The van der Waals surface area contributed by atoms with Crippen LogP contribution in [-0.4, -0.2) is 51.3 Å². The van der Waals surface area contributed by atoms with Gasteiger partial charge in [0.05, 0.1) is 12.2 Å². The van der Waals surface area contributed by atoms with Crippen molar-refractivity contribution in [1.29, 1.82) is 0 Å². The highest BCUT2D eigenvalue weighted by Gasteiger charge is 2.48. The normalized spacial score (nSPS) is 23.4.